The lowest BCUT2D eigenvalue weighted by Crippen LogP contribution is -2.38. The number of ether oxygens (including phenoxy) is 1. The minimum atomic E-state index is -0.0423. The monoisotopic (exact) mass is 425 g/mol. The van der Waals surface area contributed by atoms with E-state index in [0.717, 1.165) is 71.7 Å². The zero-order valence-electron chi connectivity index (χ0n) is 18.3. The largest absolute Gasteiger partial charge is 0.454 e. The molecule has 1 amide bonds. The third-order valence-corrected chi connectivity index (χ3v) is 6.11. The highest BCUT2D eigenvalue weighted by atomic mass is 16.5. The summed E-state index contributed by atoms with van der Waals surface area (Å²) in [5, 5.41) is 3.04. The SMILES string of the molecule is CC1CCN(C2=Nc3ccccc3Oc3ccc(NC(=O)Cc4ccccc4)cc32)CC1. The molecule has 0 aliphatic carbocycles. The minimum Gasteiger partial charge on any atom is -0.454 e. The summed E-state index contributed by atoms with van der Waals surface area (Å²) in [6, 6.07) is 23.4. The third kappa shape index (κ3) is 4.37. The number of likely N-dealkylation sites (tertiary alicyclic amines) is 1. The van der Waals surface area contributed by atoms with Crippen LogP contribution in [0.25, 0.3) is 0 Å². The van der Waals surface area contributed by atoms with Gasteiger partial charge in [-0.25, -0.2) is 4.99 Å². The third-order valence-electron chi connectivity index (χ3n) is 6.11. The van der Waals surface area contributed by atoms with Crippen LogP contribution >= 0.6 is 0 Å². The van der Waals surface area contributed by atoms with Crippen molar-refractivity contribution in [1.29, 1.82) is 0 Å². The molecule has 1 saturated heterocycles. The van der Waals surface area contributed by atoms with Crippen molar-refractivity contribution < 1.29 is 9.53 Å². The number of anilines is 1. The number of carbonyl (C=O) groups excluding carboxylic acids is 1. The number of aliphatic imine (C=N–C) groups is 1. The maximum atomic E-state index is 12.6. The van der Waals surface area contributed by atoms with Crippen molar-refractivity contribution in [3.8, 4) is 11.5 Å². The second kappa shape index (κ2) is 8.87. The molecule has 3 aromatic carbocycles. The number of para-hydroxylation sites is 2. The van der Waals surface area contributed by atoms with E-state index in [1.54, 1.807) is 0 Å². The van der Waals surface area contributed by atoms with E-state index in [2.05, 4.69) is 17.1 Å². The number of fused-ring (bicyclic) bond motifs is 2. The summed E-state index contributed by atoms with van der Waals surface area (Å²) in [6.07, 6.45) is 2.62. The molecule has 5 heteroatoms. The molecule has 3 aromatic rings. The smallest absolute Gasteiger partial charge is 0.228 e. The second-order valence-corrected chi connectivity index (χ2v) is 8.60. The van der Waals surface area contributed by atoms with E-state index in [4.69, 9.17) is 9.73 Å². The van der Waals surface area contributed by atoms with Crippen LogP contribution in [0.2, 0.25) is 0 Å². The zero-order valence-corrected chi connectivity index (χ0v) is 18.3. The fraction of sp³-hybridized carbons (Fsp3) is 0.259. The number of hydrogen-bond donors (Lipinski definition) is 1. The van der Waals surface area contributed by atoms with Gasteiger partial charge in [-0.05, 0) is 54.7 Å². The first-order chi connectivity index (χ1) is 15.7. The van der Waals surface area contributed by atoms with Crippen molar-refractivity contribution in [2.45, 2.75) is 26.2 Å². The van der Waals surface area contributed by atoms with Crippen molar-refractivity contribution in [3.63, 3.8) is 0 Å². The Kier molecular flexibility index (Phi) is 5.63. The lowest BCUT2D eigenvalue weighted by atomic mass is 9.98. The van der Waals surface area contributed by atoms with E-state index in [0.29, 0.717) is 6.42 Å². The maximum absolute atomic E-state index is 12.6. The Morgan fingerprint density at radius 2 is 1.75 bits per heavy atom. The van der Waals surface area contributed by atoms with Gasteiger partial charge >= 0.3 is 0 Å². The van der Waals surface area contributed by atoms with Crippen LogP contribution in [0, 0.1) is 5.92 Å². The zero-order chi connectivity index (χ0) is 21.9. The van der Waals surface area contributed by atoms with E-state index < -0.39 is 0 Å². The molecule has 32 heavy (non-hydrogen) atoms. The van der Waals surface area contributed by atoms with Crippen LogP contribution < -0.4 is 10.1 Å². The first-order valence-electron chi connectivity index (χ1n) is 11.2. The van der Waals surface area contributed by atoms with E-state index in [1.807, 2.05) is 72.8 Å². The van der Waals surface area contributed by atoms with Crippen molar-refractivity contribution in [2.24, 2.45) is 10.9 Å². The van der Waals surface area contributed by atoms with Crippen molar-refractivity contribution >= 4 is 23.1 Å². The summed E-state index contributed by atoms with van der Waals surface area (Å²) in [4.78, 5) is 20.0. The molecule has 0 unspecified atom stereocenters. The quantitative estimate of drug-likeness (QED) is 0.578. The molecule has 0 atom stereocenters. The Hall–Kier alpha value is -3.60. The van der Waals surface area contributed by atoms with Crippen LogP contribution in [0.5, 0.6) is 11.5 Å². The Morgan fingerprint density at radius 1 is 1.00 bits per heavy atom. The number of benzene rings is 3. The van der Waals surface area contributed by atoms with Crippen LogP contribution in [0.1, 0.15) is 30.9 Å². The van der Waals surface area contributed by atoms with Gasteiger partial charge in [0.2, 0.25) is 5.91 Å². The van der Waals surface area contributed by atoms with Crippen LogP contribution in [0.4, 0.5) is 11.4 Å². The summed E-state index contributed by atoms with van der Waals surface area (Å²) in [7, 11) is 0. The Bertz CT molecular complexity index is 1150. The highest BCUT2D eigenvalue weighted by Gasteiger charge is 2.26. The summed E-state index contributed by atoms with van der Waals surface area (Å²) >= 11 is 0. The Morgan fingerprint density at radius 3 is 2.56 bits per heavy atom. The standard InChI is InChI=1S/C27H27N3O2/c1-19-13-15-30(16-14-19)27-22-18-21(28-26(31)17-20-7-3-2-4-8-20)11-12-24(22)32-25-10-6-5-9-23(25)29-27/h2-12,18-19H,13-17H2,1H3,(H,28,31). The van der Waals surface area contributed by atoms with Gasteiger partial charge in [0.05, 0.1) is 12.0 Å². The molecule has 5 nitrogen and oxygen atoms in total. The summed E-state index contributed by atoms with van der Waals surface area (Å²) in [5.74, 6) is 3.10. The van der Waals surface area contributed by atoms with Gasteiger partial charge in [-0.15, -0.1) is 0 Å². The summed E-state index contributed by atoms with van der Waals surface area (Å²) in [5.41, 5.74) is 3.47. The molecular formula is C27H27N3O2. The summed E-state index contributed by atoms with van der Waals surface area (Å²) < 4.78 is 6.25. The van der Waals surface area contributed by atoms with E-state index in [-0.39, 0.29) is 5.91 Å². The Balaban J connectivity index is 1.46. The highest BCUT2D eigenvalue weighted by Crippen LogP contribution is 2.39. The number of rotatable bonds is 3. The predicted molar refractivity (Wildman–Crippen MR) is 128 cm³/mol. The van der Waals surface area contributed by atoms with Gasteiger partial charge in [-0.1, -0.05) is 49.4 Å². The molecule has 162 valence electrons. The molecule has 2 aliphatic rings. The maximum Gasteiger partial charge on any atom is 0.228 e. The molecule has 0 bridgehead atoms. The minimum absolute atomic E-state index is 0.0423. The number of carbonyl (C=O) groups is 1. The molecule has 1 fully saturated rings. The van der Waals surface area contributed by atoms with Crippen LogP contribution in [0.15, 0.2) is 77.8 Å². The number of hydrogen-bond acceptors (Lipinski definition) is 4. The van der Waals surface area contributed by atoms with Crippen LogP contribution in [0.3, 0.4) is 0 Å². The molecule has 5 rings (SSSR count). The van der Waals surface area contributed by atoms with E-state index in [1.165, 1.54) is 0 Å². The number of nitrogens with zero attached hydrogens (tertiary/aromatic N) is 2. The van der Waals surface area contributed by atoms with Gasteiger partial charge in [0.1, 0.15) is 17.3 Å². The number of amidine groups is 1. The molecule has 0 radical (unpaired) electrons. The highest BCUT2D eigenvalue weighted by molar-refractivity contribution is 6.05. The molecule has 2 heterocycles. The fourth-order valence-corrected chi connectivity index (χ4v) is 4.25. The van der Waals surface area contributed by atoms with Crippen LogP contribution in [-0.4, -0.2) is 29.7 Å². The van der Waals surface area contributed by atoms with Gasteiger partial charge < -0.3 is 15.0 Å². The number of piperidine rings is 1. The molecule has 2 aliphatic heterocycles. The molecule has 0 aromatic heterocycles. The van der Waals surface area contributed by atoms with E-state index >= 15 is 0 Å². The molecule has 0 spiro atoms. The Labute approximate surface area is 188 Å². The van der Waals surface area contributed by atoms with Gasteiger partial charge in [-0.2, -0.15) is 0 Å². The molecule has 0 saturated carbocycles. The molecular weight excluding hydrogens is 398 g/mol. The predicted octanol–water partition coefficient (Wildman–Crippen LogP) is 5.78. The molecule has 1 N–H and O–H groups in total. The van der Waals surface area contributed by atoms with Crippen LogP contribution in [-0.2, 0) is 11.2 Å². The summed E-state index contributed by atoms with van der Waals surface area (Å²) in [6.45, 7) is 4.23. The second-order valence-electron chi connectivity index (χ2n) is 8.60. The lowest BCUT2D eigenvalue weighted by Gasteiger charge is -2.33. The topological polar surface area (TPSA) is 53.9 Å². The van der Waals surface area contributed by atoms with Gasteiger partial charge in [0.25, 0.3) is 0 Å². The van der Waals surface area contributed by atoms with Gasteiger partial charge in [-0.3, -0.25) is 4.79 Å². The first-order valence-corrected chi connectivity index (χ1v) is 11.2. The number of nitrogens with one attached hydrogen (secondary N) is 1. The van der Waals surface area contributed by atoms with Crippen molar-refractivity contribution in [3.05, 3.63) is 83.9 Å². The lowest BCUT2D eigenvalue weighted by molar-refractivity contribution is -0.115. The van der Waals surface area contributed by atoms with E-state index in [9.17, 15) is 4.79 Å². The van der Waals surface area contributed by atoms with Crippen molar-refractivity contribution in [2.75, 3.05) is 18.4 Å². The van der Waals surface area contributed by atoms with Gasteiger partial charge in [0, 0.05) is 18.8 Å². The van der Waals surface area contributed by atoms with Gasteiger partial charge in [0.15, 0.2) is 5.75 Å². The number of amides is 1. The fourth-order valence-electron chi connectivity index (χ4n) is 4.25. The first kappa shape index (κ1) is 20.3. The average Bonchev–Trinajstić information content (AvgIpc) is 2.97. The average molecular weight is 426 g/mol. The van der Waals surface area contributed by atoms with Crippen molar-refractivity contribution in [1.82, 2.24) is 4.90 Å². The normalized spacial score (nSPS) is 15.7.